The molecule has 4 aromatic carbocycles. The molecule has 7 heteroatoms. The van der Waals surface area contributed by atoms with Crippen molar-refractivity contribution in [3.63, 3.8) is 0 Å². The zero-order valence-electron chi connectivity index (χ0n) is 22.3. The summed E-state index contributed by atoms with van der Waals surface area (Å²) < 4.78 is 3.38. The molecule has 2 heterocycles. The Morgan fingerprint density at radius 1 is 0.875 bits per heavy atom. The average molecular weight is 531 g/mol. The van der Waals surface area contributed by atoms with E-state index in [1.165, 1.54) is 6.92 Å². The van der Waals surface area contributed by atoms with Crippen molar-refractivity contribution < 1.29 is 9.63 Å². The molecule has 0 aliphatic carbocycles. The van der Waals surface area contributed by atoms with Crippen LogP contribution in [0, 0.1) is 0 Å². The highest BCUT2D eigenvalue weighted by Gasteiger charge is 2.24. The van der Waals surface area contributed by atoms with Gasteiger partial charge in [-0.3, -0.25) is 4.79 Å². The molecular weight excluding hydrogens is 500 g/mol. The van der Waals surface area contributed by atoms with Crippen LogP contribution in [0.1, 0.15) is 31.0 Å². The van der Waals surface area contributed by atoms with E-state index in [9.17, 15) is 9.59 Å². The number of nitrogens with two attached hydrogens (primary N) is 1. The van der Waals surface area contributed by atoms with Crippen molar-refractivity contribution in [2.75, 3.05) is 6.54 Å². The van der Waals surface area contributed by atoms with E-state index in [-0.39, 0.29) is 5.69 Å². The second-order valence-corrected chi connectivity index (χ2v) is 9.98. The van der Waals surface area contributed by atoms with Gasteiger partial charge in [0.2, 0.25) is 0 Å². The van der Waals surface area contributed by atoms with Gasteiger partial charge < -0.3 is 15.1 Å². The van der Waals surface area contributed by atoms with Crippen LogP contribution in [0.4, 0.5) is 0 Å². The number of hydrogen-bond donors (Lipinski definition) is 1. The quantitative estimate of drug-likeness (QED) is 0.208. The van der Waals surface area contributed by atoms with E-state index in [0.717, 1.165) is 62.6 Å². The number of benzene rings is 4. The standard InChI is InChI=1S/C33H30N4O3/c1-22(38)40-37-29-21-25-14-6-5-13-24(25)20-27(29)35-32(33(37)39)31-26-15-7-8-16-28(26)36(18-10-9-17-34)30(31)19-23-11-3-2-4-12-23/h2-8,11-16,20-21H,9-10,17-19,34H2,1H3. The van der Waals surface area contributed by atoms with Gasteiger partial charge in [-0.25, -0.2) is 9.78 Å². The van der Waals surface area contributed by atoms with Crippen molar-refractivity contribution in [1.29, 1.82) is 0 Å². The molecule has 2 aromatic heterocycles. The third-order valence-corrected chi connectivity index (χ3v) is 7.27. The summed E-state index contributed by atoms with van der Waals surface area (Å²) in [5, 5.41) is 2.83. The Balaban J connectivity index is 1.68. The number of unbranched alkanes of at least 4 members (excludes halogenated alkanes) is 1. The summed E-state index contributed by atoms with van der Waals surface area (Å²) in [6, 6.07) is 29.9. The average Bonchev–Trinajstić information content (AvgIpc) is 3.26. The zero-order valence-corrected chi connectivity index (χ0v) is 22.3. The van der Waals surface area contributed by atoms with Gasteiger partial charge in [0.25, 0.3) is 0 Å². The van der Waals surface area contributed by atoms with Gasteiger partial charge >= 0.3 is 11.5 Å². The van der Waals surface area contributed by atoms with Gasteiger partial charge in [-0.2, -0.15) is 0 Å². The third kappa shape index (κ3) is 4.65. The minimum absolute atomic E-state index is 0.253. The fourth-order valence-corrected chi connectivity index (χ4v) is 5.49. The predicted molar refractivity (Wildman–Crippen MR) is 159 cm³/mol. The SMILES string of the molecule is CC(=O)On1c(=O)c(-c2c(Cc3ccccc3)n(CCCCN)c3ccccc23)nc2cc3ccccc3cc21. The monoisotopic (exact) mass is 530 g/mol. The Kier molecular flexibility index (Phi) is 6.88. The summed E-state index contributed by atoms with van der Waals surface area (Å²) in [5.41, 5.74) is 10.5. The van der Waals surface area contributed by atoms with Gasteiger partial charge in [0, 0.05) is 42.0 Å². The molecule has 0 saturated carbocycles. The van der Waals surface area contributed by atoms with E-state index in [2.05, 4.69) is 22.8 Å². The van der Waals surface area contributed by atoms with Gasteiger partial charge in [0.15, 0.2) is 0 Å². The van der Waals surface area contributed by atoms with E-state index in [1.54, 1.807) is 0 Å². The zero-order chi connectivity index (χ0) is 27.6. The normalized spacial score (nSPS) is 11.4. The lowest BCUT2D eigenvalue weighted by molar-refractivity contribution is -0.141. The molecule has 7 nitrogen and oxygen atoms in total. The van der Waals surface area contributed by atoms with E-state index >= 15 is 0 Å². The molecule has 0 amide bonds. The molecule has 0 saturated heterocycles. The molecule has 40 heavy (non-hydrogen) atoms. The number of rotatable bonds is 8. The van der Waals surface area contributed by atoms with E-state index < -0.39 is 11.5 Å². The van der Waals surface area contributed by atoms with Crippen LogP contribution in [-0.2, 0) is 17.8 Å². The summed E-state index contributed by atoms with van der Waals surface area (Å²) in [4.78, 5) is 36.8. The van der Waals surface area contributed by atoms with E-state index in [1.807, 2.05) is 72.8 Å². The molecule has 0 unspecified atom stereocenters. The lowest BCUT2D eigenvalue weighted by atomic mass is 10.0. The largest absolute Gasteiger partial charge is 0.344 e. The first-order valence-corrected chi connectivity index (χ1v) is 13.5. The van der Waals surface area contributed by atoms with Crippen molar-refractivity contribution in [3.8, 4) is 11.3 Å². The Morgan fingerprint density at radius 3 is 2.33 bits per heavy atom. The number of aromatic nitrogens is 3. The van der Waals surface area contributed by atoms with Crippen LogP contribution in [0.25, 0.3) is 44.0 Å². The van der Waals surface area contributed by atoms with Crippen LogP contribution >= 0.6 is 0 Å². The molecule has 6 aromatic rings. The second-order valence-electron chi connectivity index (χ2n) is 9.98. The van der Waals surface area contributed by atoms with Crippen LogP contribution in [-0.4, -0.2) is 26.8 Å². The maximum atomic E-state index is 14.2. The number of hydrogen-bond acceptors (Lipinski definition) is 5. The minimum atomic E-state index is -0.581. The van der Waals surface area contributed by atoms with Crippen molar-refractivity contribution in [3.05, 3.63) is 113 Å². The summed E-state index contributed by atoms with van der Waals surface area (Å²) >= 11 is 0. The van der Waals surface area contributed by atoms with Gasteiger partial charge in [-0.1, -0.05) is 72.8 Å². The molecular formula is C33H30N4O3. The van der Waals surface area contributed by atoms with Gasteiger partial charge in [0.05, 0.1) is 5.52 Å². The highest BCUT2D eigenvalue weighted by atomic mass is 16.7. The first-order chi connectivity index (χ1) is 19.5. The molecule has 0 aliphatic rings. The Hall–Kier alpha value is -4.75. The molecule has 200 valence electrons. The van der Waals surface area contributed by atoms with Gasteiger partial charge in [-0.15, -0.1) is 4.73 Å². The van der Waals surface area contributed by atoms with Crippen molar-refractivity contribution >= 4 is 38.7 Å². The van der Waals surface area contributed by atoms with E-state index in [0.29, 0.717) is 24.0 Å². The predicted octanol–water partition coefficient (Wildman–Crippen LogP) is 5.48. The van der Waals surface area contributed by atoms with Crippen LogP contribution in [0.3, 0.4) is 0 Å². The molecule has 2 N–H and O–H groups in total. The Morgan fingerprint density at radius 2 is 1.57 bits per heavy atom. The molecule has 6 rings (SSSR count). The minimum Gasteiger partial charge on any atom is -0.344 e. The number of aryl methyl sites for hydroxylation is 1. The first kappa shape index (κ1) is 25.5. The fourth-order valence-electron chi connectivity index (χ4n) is 5.49. The number of carbonyl (C=O) groups is 1. The molecule has 0 atom stereocenters. The topological polar surface area (TPSA) is 92.1 Å². The second kappa shape index (κ2) is 10.8. The van der Waals surface area contributed by atoms with E-state index in [4.69, 9.17) is 15.6 Å². The van der Waals surface area contributed by atoms with Gasteiger partial charge in [0.1, 0.15) is 11.2 Å². The van der Waals surface area contributed by atoms with Crippen LogP contribution in [0.15, 0.2) is 95.8 Å². The highest BCUT2D eigenvalue weighted by Crippen LogP contribution is 2.35. The van der Waals surface area contributed by atoms with Crippen LogP contribution in [0.5, 0.6) is 0 Å². The summed E-state index contributed by atoms with van der Waals surface area (Å²) in [7, 11) is 0. The lowest BCUT2D eigenvalue weighted by Crippen LogP contribution is -2.32. The van der Waals surface area contributed by atoms with Crippen molar-refractivity contribution in [1.82, 2.24) is 14.3 Å². The maximum absolute atomic E-state index is 14.2. The summed E-state index contributed by atoms with van der Waals surface area (Å²) in [6.07, 6.45) is 2.41. The molecule has 0 bridgehead atoms. The smallest absolute Gasteiger partial charge is 0.330 e. The maximum Gasteiger partial charge on any atom is 0.330 e. The summed E-state index contributed by atoms with van der Waals surface area (Å²) in [5.74, 6) is -0.581. The van der Waals surface area contributed by atoms with Gasteiger partial charge in [-0.05, 0) is 53.9 Å². The van der Waals surface area contributed by atoms with Crippen LogP contribution < -0.4 is 16.1 Å². The first-order valence-electron chi connectivity index (χ1n) is 13.5. The van der Waals surface area contributed by atoms with Crippen molar-refractivity contribution in [2.45, 2.75) is 32.7 Å². The Labute approximate surface area is 231 Å². The molecule has 0 radical (unpaired) electrons. The summed E-state index contributed by atoms with van der Waals surface area (Å²) in [6.45, 7) is 2.67. The fraction of sp³-hybridized carbons (Fsp3) is 0.182. The highest BCUT2D eigenvalue weighted by molar-refractivity contribution is 6.00. The third-order valence-electron chi connectivity index (χ3n) is 7.27. The van der Waals surface area contributed by atoms with Crippen molar-refractivity contribution in [2.24, 2.45) is 5.73 Å². The molecule has 0 aliphatic heterocycles. The molecule has 0 fully saturated rings. The number of carbonyl (C=O) groups excluding carboxylic acids is 1. The van der Waals surface area contributed by atoms with Crippen LogP contribution in [0.2, 0.25) is 0 Å². The Bertz CT molecular complexity index is 1920. The lowest BCUT2D eigenvalue weighted by Gasteiger charge is -2.15. The number of para-hydroxylation sites is 1. The molecule has 0 spiro atoms. The number of fused-ring (bicyclic) bond motifs is 3. The number of nitrogens with zero attached hydrogens (tertiary/aromatic N) is 3.